The Hall–Kier alpha value is -1.66. The van der Waals surface area contributed by atoms with Crippen LogP contribution in [0.4, 0.5) is 5.69 Å². The molecule has 1 fully saturated rings. The average Bonchev–Trinajstić information content (AvgIpc) is 2.86. The molecule has 0 saturated carbocycles. The molecule has 0 aliphatic carbocycles. The second-order valence-corrected chi connectivity index (χ2v) is 8.20. The smallest absolute Gasteiger partial charge is 0.451 e. The summed E-state index contributed by atoms with van der Waals surface area (Å²) in [5, 5.41) is 27.3. The number of para-hydroxylation sites is 1. The molecular weight excluding hydrogens is 349 g/mol. The quantitative estimate of drug-likeness (QED) is 0.298. The Kier molecular flexibility index (Phi) is 5.74. The van der Waals surface area contributed by atoms with Gasteiger partial charge in [0.15, 0.2) is 0 Å². The molecule has 1 saturated heterocycles. The summed E-state index contributed by atoms with van der Waals surface area (Å²) in [6.45, 7) is -0.438. The van der Waals surface area contributed by atoms with Gasteiger partial charge in [-0.3, -0.25) is 4.79 Å². The van der Waals surface area contributed by atoms with E-state index in [1.807, 2.05) is 0 Å². The first-order valence-electron chi connectivity index (χ1n) is 7.82. The number of carboxylic acids is 1. The third-order valence-electron chi connectivity index (χ3n) is 4.54. The minimum absolute atomic E-state index is 0.0601. The number of nitrogens with zero attached hydrogens (tertiary/aromatic N) is 1. The van der Waals surface area contributed by atoms with Crippen molar-refractivity contribution in [2.75, 3.05) is 18.8 Å². The number of hydrogen-bond donors (Lipinski definition) is 5. The molecule has 2 rings (SSSR count). The minimum atomic E-state index is -3.98. The zero-order valence-electron chi connectivity index (χ0n) is 13.6. The lowest BCUT2D eigenvalue weighted by Gasteiger charge is -2.25. The number of benzene rings is 1. The van der Waals surface area contributed by atoms with Crippen LogP contribution < -0.4 is 11.5 Å². The van der Waals surface area contributed by atoms with Gasteiger partial charge in [-0.1, -0.05) is 18.6 Å². The van der Waals surface area contributed by atoms with Gasteiger partial charge in [0, 0.05) is 19.0 Å². The molecule has 25 heavy (non-hydrogen) atoms. The Bertz CT molecular complexity index is 744. The van der Waals surface area contributed by atoms with Gasteiger partial charge in [-0.15, -0.1) is 0 Å². The first-order chi connectivity index (χ1) is 11.6. The standard InChI is InChI=1S/C14H22BN3O6S/c16-11-5-1-2-6-12(11)25(23,24)18-8-10(4-3-7-15(21)22)14(17,9-18)13(19)20/h1-2,5-6,10,21-22H,3-4,7-9,16-17H2,(H,19,20). The van der Waals surface area contributed by atoms with Crippen LogP contribution in [-0.4, -0.2) is 59.6 Å². The van der Waals surface area contributed by atoms with Crippen molar-refractivity contribution in [1.29, 1.82) is 0 Å². The van der Waals surface area contributed by atoms with Gasteiger partial charge in [0.1, 0.15) is 10.4 Å². The van der Waals surface area contributed by atoms with Crippen LogP contribution >= 0.6 is 0 Å². The number of nitrogen functional groups attached to an aromatic ring is 1. The maximum Gasteiger partial charge on any atom is 0.451 e. The van der Waals surface area contributed by atoms with Crippen LogP contribution in [-0.2, 0) is 14.8 Å². The molecule has 0 bridgehead atoms. The summed E-state index contributed by atoms with van der Waals surface area (Å²) in [7, 11) is -5.48. The summed E-state index contributed by atoms with van der Waals surface area (Å²) < 4.78 is 26.7. The SMILES string of the molecule is Nc1ccccc1S(=O)(=O)N1CC(CCCB(O)O)C(N)(C(=O)O)C1. The first kappa shape index (κ1) is 19.7. The highest BCUT2D eigenvalue weighted by Gasteiger charge is 2.52. The monoisotopic (exact) mass is 371 g/mol. The highest BCUT2D eigenvalue weighted by atomic mass is 32.2. The lowest BCUT2D eigenvalue weighted by Crippen LogP contribution is -2.55. The molecular formula is C14H22BN3O6S. The molecule has 2 atom stereocenters. The predicted molar refractivity (Wildman–Crippen MR) is 91.9 cm³/mol. The van der Waals surface area contributed by atoms with E-state index in [4.69, 9.17) is 21.5 Å². The second kappa shape index (κ2) is 7.30. The van der Waals surface area contributed by atoms with Gasteiger partial charge in [0.25, 0.3) is 0 Å². The van der Waals surface area contributed by atoms with Crippen LogP contribution in [0.25, 0.3) is 0 Å². The van der Waals surface area contributed by atoms with E-state index in [9.17, 15) is 18.3 Å². The molecule has 0 spiro atoms. The summed E-state index contributed by atoms with van der Waals surface area (Å²) in [5.41, 5.74) is 10.1. The van der Waals surface area contributed by atoms with E-state index in [0.29, 0.717) is 6.42 Å². The van der Waals surface area contributed by atoms with E-state index < -0.39 is 34.6 Å². The van der Waals surface area contributed by atoms with Crippen LogP contribution in [0.3, 0.4) is 0 Å². The van der Waals surface area contributed by atoms with E-state index in [-0.39, 0.29) is 36.4 Å². The molecule has 2 unspecified atom stereocenters. The highest BCUT2D eigenvalue weighted by molar-refractivity contribution is 7.89. The Morgan fingerprint density at radius 2 is 2.00 bits per heavy atom. The van der Waals surface area contributed by atoms with Crippen LogP contribution in [0.15, 0.2) is 29.2 Å². The van der Waals surface area contributed by atoms with Gasteiger partial charge in [-0.25, -0.2) is 8.42 Å². The van der Waals surface area contributed by atoms with Crippen molar-refractivity contribution >= 4 is 28.8 Å². The zero-order valence-corrected chi connectivity index (χ0v) is 14.4. The molecule has 1 aromatic rings. The van der Waals surface area contributed by atoms with Crippen molar-refractivity contribution in [3.8, 4) is 0 Å². The zero-order chi connectivity index (χ0) is 18.8. The van der Waals surface area contributed by atoms with Crippen LogP contribution in [0.1, 0.15) is 12.8 Å². The molecule has 1 aliphatic heterocycles. The van der Waals surface area contributed by atoms with Gasteiger partial charge >= 0.3 is 13.1 Å². The maximum atomic E-state index is 12.8. The number of rotatable bonds is 7. The first-order valence-corrected chi connectivity index (χ1v) is 9.26. The fourth-order valence-electron chi connectivity index (χ4n) is 3.07. The summed E-state index contributed by atoms with van der Waals surface area (Å²) in [6, 6.07) is 5.95. The number of sulfonamides is 1. The van der Waals surface area contributed by atoms with Gasteiger partial charge in [0.2, 0.25) is 10.0 Å². The molecule has 1 heterocycles. The highest BCUT2D eigenvalue weighted by Crippen LogP contribution is 2.35. The molecule has 0 aromatic heterocycles. The molecule has 138 valence electrons. The molecule has 0 amide bonds. The Morgan fingerprint density at radius 3 is 2.56 bits per heavy atom. The topological polar surface area (TPSA) is 167 Å². The average molecular weight is 371 g/mol. The Labute approximate surface area is 146 Å². The fourth-order valence-corrected chi connectivity index (χ4v) is 4.72. The van der Waals surface area contributed by atoms with Crippen molar-refractivity contribution in [2.24, 2.45) is 11.7 Å². The molecule has 1 aromatic carbocycles. The molecule has 9 nitrogen and oxygen atoms in total. The van der Waals surface area contributed by atoms with E-state index >= 15 is 0 Å². The lowest BCUT2D eigenvalue weighted by molar-refractivity contribution is -0.144. The second-order valence-electron chi connectivity index (χ2n) is 6.29. The molecule has 11 heteroatoms. The van der Waals surface area contributed by atoms with E-state index in [0.717, 1.165) is 4.31 Å². The lowest BCUT2D eigenvalue weighted by atomic mass is 9.78. The summed E-state index contributed by atoms with van der Waals surface area (Å²) in [4.78, 5) is 11.5. The van der Waals surface area contributed by atoms with Crippen molar-refractivity contribution < 1.29 is 28.4 Å². The van der Waals surface area contributed by atoms with Crippen LogP contribution in [0.2, 0.25) is 6.32 Å². The summed E-state index contributed by atoms with van der Waals surface area (Å²) in [6.07, 6.45) is 0.636. The Balaban J connectivity index is 2.26. The Morgan fingerprint density at radius 1 is 1.36 bits per heavy atom. The molecule has 1 aliphatic rings. The van der Waals surface area contributed by atoms with Gasteiger partial charge in [-0.05, 0) is 24.9 Å². The van der Waals surface area contributed by atoms with Gasteiger partial charge in [0.05, 0.1) is 5.69 Å². The number of hydrogen-bond acceptors (Lipinski definition) is 7. The fraction of sp³-hybridized carbons (Fsp3) is 0.500. The van der Waals surface area contributed by atoms with Crippen molar-refractivity contribution in [1.82, 2.24) is 4.31 Å². The van der Waals surface area contributed by atoms with Crippen molar-refractivity contribution in [2.45, 2.75) is 29.6 Å². The summed E-state index contributed by atoms with van der Waals surface area (Å²) in [5.74, 6) is -1.94. The minimum Gasteiger partial charge on any atom is -0.480 e. The number of nitrogens with two attached hydrogens (primary N) is 2. The number of aliphatic carboxylic acids is 1. The number of anilines is 1. The van der Waals surface area contributed by atoms with E-state index in [2.05, 4.69) is 0 Å². The van der Waals surface area contributed by atoms with Crippen molar-refractivity contribution in [3.05, 3.63) is 24.3 Å². The maximum absolute atomic E-state index is 12.8. The van der Waals surface area contributed by atoms with E-state index in [1.54, 1.807) is 6.07 Å². The summed E-state index contributed by atoms with van der Waals surface area (Å²) >= 11 is 0. The largest absolute Gasteiger partial charge is 0.480 e. The third-order valence-corrected chi connectivity index (χ3v) is 6.43. The molecule has 0 radical (unpaired) electrons. The van der Waals surface area contributed by atoms with Gasteiger partial charge < -0.3 is 26.6 Å². The van der Waals surface area contributed by atoms with Crippen LogP contribution in [0.5, 0.6) is 0 Å². The van der Waals surface area contributed by atoms with Gasteiger partial charge in [-0.2, -0.15) is 4.31 Å². The predicted octanol–water partition coefficient (Wildman–Crippen LogP) is -1.08. The van der Waals surface area contributed by atoms with E-state index in [1.165, 1.54) is 18.2 Å². The van der Waals surface area contributed by atoms with Crippen LogP contribution in [0, 0.1) is 5.92 Å². The number of carboxylic acid groups (broad SMARTS) is 1. The molecule has 7 N–H and O–H groups in total. The third kappa shape index (κ3) is 3.96. The van der Waals surface area contributed by atoms with Crippen molar-refractivity contribution in [3.63, 3.8) is 0 Å². The number of carbonyl (C=O) groups is 1. The normalized spacial score (nSPS) is 24.4.